The molecule has 106 valence electrons. The van der Waals surface area contributed by atoms with E-state index in [9.17, 15) is 4.79 Å². The average molecular weight is 302 g/mol. The summed E-state index contributed by atoms with van der Waals surface area (Å²) in [6, 6.07) is 5.26. The van der Waals surface area contributed by atoms with Gasteiger partial charge < -0.3 is 5.32 Å². The molecule has 0 fully saturated rings. The Morgan fingerprint density at radius 3 is 2.47 bits per heavy atom. The monoisotopic (exact) mass is 301 g/mol. The Labute approximate surface area is 125 Å². The summed E-state index contributed by atoms with van der Waals surface area (Å²) in [6.07, 6.45) is 2.06. The van der Waals surface area contributed by atoms with E-state index in [-0.39, 0.29) is 11.3 Å². The molecule has 0 saturated heterocycles. The second-order valence-electron chi connectivity index (χ2n) is 4.77. The quantitative estimate of drug-likeness (QED) is 0.774. The van der Waals surface area contributed by atoms with Gasteiger partial charge in [0.1, 0.15) is 0 Å². The molecule has 4 heteroatoms. The van der Waals surface area contributed by atoms with Crippen LogP contribution in [-0.4, -0.2) is 17.8 Å². The summed E-state index contributed by atoms with van der Waals surface area (Å²) in [7, 11) is 0. The van der Waals surface area contributed by atoms with Gasteiger partial charge in [-0.25, -0.2) is 0 Å². The van der Waals surface area contributed by atoms with Crippen molar-refractivity contribution >= 4 is 29.1 Å². The first-order chi connectivity index (χ1) is 8.99. The zero-order valence-electron chi connectivity index (χ0n) is 11.7. The van der Waals surface area contributed by atoms with Crippen molar-refractivity contribution in [3.63, 3.8) is 0 Å². The number of hydrogen-bond acceptors (Lipinski definition) is 1. The maximum Gasteiger partial charge on any atom is 0.251 e. The number of rotatable bonds is 6. The maximum absolute atomic E-state index is 12.0. The summed E-state index contributed by atoms with van der Waals surface area (Å²) in [5, 5.41) is 3.53. The third-order valence-corrected chi connectivity index (χ3v) is 4.37. The van der Waals surface area contributed by atoms with Gasteiger partial charge in [-0.15, -0.1) is 11.6 Å². The normalized spacial score (nSPS) is 12.5. The zero-order chi connectivity index (χ0) is 14.4. The average Bonchev–Trinajstić information content (AvgIpc) is 2.40. The second kappa shape index (κ2) is 7.76. The zero-order valence-corrected chi connectivity index (χ0v) is 13.2. The minimum absolute atomic E-state index is 0.0210. The van der Waals surface area contributed by atoms with Gasteiger partial charge in [0, 0.05) is 17.1 Å². The van der Waals surface area contributed by atoms with Crippen LogP contribution in [0.25, 0.3) is 0 Å². The van der Waals surface area contributed by atoms with Gasteiger partial charge >= 0.3 is 0 Å². The lowest BCUT2D eigenvalue weighted by Gasteiger charge is -2.19. The summed E-state index contributed by atoms with van der Waals surface area (Å²) in [4.78, 5) is 12.0. The van der Waals surface area contributed by atoms with Gasteiger partial charge in [0.25, 0.3) is 5.91 Å². The SMILES string of the molecule is CCC(CC)C(Cl)CNC(=O)c1ccc(Cl)c(C)c1. The number of alkyl halides is 1. The fourth-order valence-electron chi connectivity index (χ4n) is 2.05. The van der Waals surface area contributed by atoms with Gasteiger partial charge in [-0.05, 0) is 36.6 Å². The van der Waals surface area contributed by atoms with E-state index in [1.54, 1.807) is 18.2 Å². The molecule has 1 N–H and O–H groups in total. The van der Waals surface area contributed by atoms with E-state index in [2.05, 4.69) is 19.2 Å². The van der Waals surface area contributed by atoms with Gasteiger partial charge in [-0.3, -0.25) is 4.79 Å². The van der Waals surface area contributed by atoms with Gasteiger partial charge in [0.2, 0.25) is 0 Å². The molecule has 1 rings (SSSR count). The fourth-order valence-corrected chi connectivity index (χ4v) is 2.60. The molecule has 1 atom stereocenters. The van der Waals surface area contributed by atoms with Crippen molar-refractivity contribution in [2.24, 2.45) is 5.92 Å². The molecule has 1 aromatic carbocycles. The molecular formula is C15H21Cl2NO. The third kappa shape index (κ3) is 4.70. The molecule has 0 spiro atoms. The molecule has 2 nitrogen and oxygen atoms in total. The van der Waals surface area contributed by atoms with E-state index < -0.39 is 0 Å². The van der Waals surface area contributed by atoms with Crippen molar-refractivity contribution < 1.29 is 4.79 Å². The predicted octanol–water partition coefficient (Wildman–Crippen LogP) is 4.42. The standard InChI is InChI=1S/C15H21Cl2NO/c1-4-11(5-2)14(17)9-18-15(19)12-6-7-13(16)10(3)8-12/h6-8,11,14H,4-5,9H2,1-3H3,(H,18,19). The molecule has 19 heavy (non-hydrogen) atoms. The molecule has 0 saturated carbocycles. The van der Waals surface area contributed by atoms with E-state index in [0.29, 0.717) is 23.0 Å². The van der Waals surface area contributed by atoms with Crippen LogP contribution in [0.3, 0.4) is 0 Å². The van der Waals surface area contributed by atoms with E-state index in [0.717, 1.165) is 18.4 Å². The molecule has 0 radical (unpaired) electrons. The van der Waals surface area contributed by atoms with Crippen molar-refractivity contribution in [2.75, 3.05) is 6.54 Å². The van der Waals surface area contributed by atoms with Gasteiger partial charge in [0.05, 0.1) is 5.38 Å². The summed E-state index contributed by atoms with van der Waals surface area (Å²) in [6.45, 7) is 6.61. The molecule has 0 aromatic heterocycles. The van der Waals surface area contributed by atoms with Gasteiger partial charge in [-0.2, -0.15) is 0 Å². The lowest BCUT2D eigenvalue weighted by Crippen LogP contribution is -2.33. The summed E-state index contributed by atoms with van der Waals surface area (Å²) < 4.78 is 0. The van der Waals surface area contributed by atoms with E-state index in [1.807, 2.05) is 6.92 Å². The first kappa shape index (κ1) is 16.3. The van der Waals surface area contributed by atoms with Crippen molar-refractivity contribution in [1.82, 2.24) is 5.32 Å². The second-order valence-corrected chi connectivity index (χ2v) is 5.73. The number of amides is 1. The molecular weight excluding hydrogens is 281 g/mol. The van der Waals surface area contributed by atoms with Crippen LogP contribution < -0.4 is 5.32 Å². The van der Waals surface area contributed by atoms with Crippen LogP contribution in [0, 0.1) is 12.8 Å². The first-order valence-electron chi connectivity index (χ1n) is 6.68. The summed E-state index contributed by atoms with van der Waals surface area (Å²) >= 11 is 12.2. The van der Waals surface area contributed by atoms with Crippen molar-refractivity contribution in [3.05, 3.63) is 34.3 Å². The molecule has 0 aliphatic heterocycles. The smallest absolute Gasteiger partial charge is 0.251 e. The lowest BCUT2D eigenvalue weighted by atomic mass is 9.99. The van der Waals surface area contributed by atoms with Gasteiger partial charge in [-0.1, -0.05) is 38.3 Å². The van der Waals surface area contributed by atoms with Crippen molar-refractivity contribution in [3.8, 4) is 0 Å². The molecule has 1 amide bonds. The largest absolute Gasteiger partial charge is 0.351 e. The van der Waals surface area contributed by atoms with Crippen LogP contribution >= 0.6 is 23.2 Å². The number of hydrogen-bond donors (Lipinski definition) is 1. The molecule has 0 heterocycles. The minimum Gasteiger partial charge on any atom is -0.351 e. The van der Waals surface area contributed by atoms with Crippen LogP contribution in [0.2, 0.25) is 5.02 Å². The Morgan fingerprint density at radius 1 is 1.32 bits per heavy atom. The highest BCUT2D eigenvalue weighted by atomic mass is 35.5. The lowest BCUT2D eigenvalue weighted by molar-refractivity contribution is 0.0951. The predicted molar refractivity (Wildman–Crippen MR) is 82.2 cm³/mol. The highest BCUT2D eigenvalue weighted by Gasteiger charge is 2.17. The Kier molecular flexibility index (Phi) is 6.67. The number of carbonyl (C=O) groups is 1. The Morgan fingerprint density at radius 2 is 1.95 bits per heavy atom. The van der Waals surface area contributed by atoms with E-state index in [4.69, 9.17) is 23.2 Å². The van der Waals surface area contributed by atoms with Crippen molar-refractivity contribution in [1.29, 1.82) is 0 Å². The number of nitrogens with one attached hydrogen (secondary N) is 1. The number of halogens is 2. The minimum atomic E-state index is -0.101. The fraction of sp³-hybridized carbons (Fsp3) is 0.533. The summed E-state index contributed by atoms with van der Waals surface area (Å²) in [5.74, 6) is 0.338. The van der Waals surface area contributed by atoms with Crippen LogP contribution in [0.1, 0.15) is 42.6 Å². The highest BCUT2D eigenvalue weighted by Crippen LogP contribution is 2.19. The topological polar surface area (TPSA) is 29.1 Å². The first-order valence-corrected chi connectivity index (χ1v) is 7.49. The van der Waals surface area contributed by atoms with E-state index in [1.165, 1.54) is 0 Å². The number of carbonyl (C=O) groups excluding carboxylic acids is 1. The highest BCUT2D eigenvalue weighted by molar-refractivity contribution is 6.31. The molecule has 1 aromatic rings. The Bertz CT molecular complexity index is 430. The molecule has 0 bridgehead atoms. The Balaban J connectivity index is 2.58. The molecule has 1 unspecified atom stereocenters. The number of benzene rings is 1. The maximum atomic E-state index is 12.0. The van der Waals surface area contributed by atoms with Crippen LogP contribution in [0.15, 0.2) is 18.2 Å². The molecule has 0 aliphatic carbocycles. The Hall–Kier alpha value is -0.730. The van der Waals surface area contributed by atoms with Crippen LogP contribution in [0.4, 0.5) is 0 Å². The van der Waals surface area contributed by atoms with Crippen LogP contribution in [-0.2, 0) is 0 Å². The third-order valence-electron chi connectivity index (χ3n) is 3.44. The number of aryl methyl sites for hydroxylation is 1. The van der Waals surface area contributed by atoms with Crippen LogP contribution in [0.5, 0.6) is 0 Å². The molecule has 0 aliphatic rings. The van der Waals surface area contributed by atoms with E-state index >= 15 is 0 Å². The van der Waals surface area contributed by atoms with Crippen molar-refractivity contribution in [2.45, 2.75) is 39.0 Å². The van der Waals surface area contributed by atoms with Gasteiger partial charge in [0.15, 0.2) is 0 Å². The summed E-state index contributed by atoms with van der Waals surface area (Å²) in [5.41, 5.74) is 1.52.